The van der Waals surface area contributed by atoms with E-state index in [9.17, 15) is 22.8 Å². The summed E-state index contributed by atoms with van der Waals surface area (Å²) < 4.78 is 45.4. The highest BCUT2D eigenvalue weighted by atomic mass is 19.4. The Labute approximate surface area is 201 Å². The first kappa shape index (κ1) is 25.1. The zero-order valence-corrected chi connectivity index (χ0v) is 20.0. The average Bonchev–Trinajstić information content (AvgIpc) is 3.21. The molecule has 2 amide bonds. The predicted octanol–water partition coefficient (Wildman–Crippen LogP) is 2.94. The van der Waals surface area contributed by atoms with Crippen molar-refractivity contribution in [2.45, 2.75) is 51.0 Å². The molecule has 0 saturated carbocycles. The van der Waals surface area contributed by atoms with Crippen LogP contribution >= 0.6 is 0 Å². The van der Waals surface area contributed by atoms with E-state index in [0.717, 1.165) is 6.07 Å². The van der Waals surface area contributed by atoms with E-state index in [2.05, 4.69) is 10.5 Å². The number of piperidine rings is 1. The maximum Gasteiger partial charge on any atom is 0.419 e. The molecule has 192 valence electrons. The van der Waals surface area contributed by atoms with E-state index < -0.39 is 22.9 Å². The largest absolute Gasteiger partial charge is 0.444 e. The zero-order valence-electron chi connectivity index (χ0n) is 20.0. The maximum atomic E-state index is 13.3. The van der Waals surface area contributed by atoms with Crippen LogP contribution in [0.5, 0.6) is 0 Å². The van der Waals surface area contributed by atoms with Crippen molar-refractivity contribution < 1.29 is 32.3 Å². The molecule has 3 aliphatic heterocycles. The maximum absolute atomic E-state index is 13.3. The minimum atomic E-state index is -4.50. The summed E-state index contributed by atoms with van der Waals surface area (Å²) in [5.41, 5.74) is 0.977. The van der Waals surface area contributed by atoms with Gasteiger partial charge in [0.25, 0.3) is 5.91 Å². The number of pyridine rings is 1. The summed E-state index contributed by atoms with van der Waals surface area (Å²) in [5, 5.41) is 0. The van der Waals surface area contributed by atoms with Crippen LogP contribution in [0.2, 0.25) is 0 Å². The minimum Gasteiger partial charge on any atom is -0.444 e. The van der Waals surface area contributed by atoms with Gasteiger partial charge >= 0.3 is 12.3 Å². The second-order valence-electron chi connectivity index (χ2n) is 9.95. The Hall–Kier alpha value is -3.02. The number of nitrogens with zero attached hydrogens (tertiary/aromatic N) is 4. The van der Waals surface area contributed by atoms with Gasteiger partial charge in [0, 0.05) is 58.3 Å². The first-order chi connectivity index (χ1) is 16.4. The van der Waals surface area contributed by atoms with Crippen molar-refractivity contribution in [2.24, 2.45) is 0 Å². The number of halogens is 3. The highest BCUT2D eigenvalue weighted by Crippen LogP contribution is 2.36. The van der Waals surface area contributed by atoms with Crippen LogP contribution in [-0.4, -0.2) is 77.3 Å². The second-order valence-corrected chi connectivity index (χ2v) is 9.95. The van der Waals surface area contributed by atoms with Gasteiger partial charge in [-0.15, -0.1) is 0 Å². The van der Waals surface area contributed by atoms with Crippen molar-refractivity contribution in [3.8, 4) is 0 Å². The highest BCUT2D eigenvalue weighted by Gasteiger charge is 2.43. The molecular weight excluding hydrogens is 467 g/mol. The van der Waals surface area contributed by atoms with Crippen molar-refractivity contribution in [3.05, 3.63) is 35.7 Å². The summed E-state index contributed by atoms with van der Waals surface area (Å²) in [6.07, 6.45) is -0.777. The first-order valence-electron chi connectivity index (χ1n) is 11.6. The number of carbonyl (C=O) groups is 2. The lowest BCUT2D eigenvalue weighted by Gasteiger charge is -2.37. The molecule has 0 radical (unpaired) electrons. The van der Waals surface area contributed by atoms with Crippen molar-refractivity contribution in [1.82, 2.24) is 20.3 Å². The number of ether oxygens (including phenoxy) is 1. The summed E-state index contributed by atoms with van der Waals surface area (Å²) >= 11 is 0. The quantitative estimate of drug-likeness (QED) is 0.672. The van der Waals surface area contributed by atoms with Gasteiger partial charge in [-0.05, 0) is 39.0 Å². The molecule has 3 aliphatic rings. The van der Waals surface area contributed by atoms with Gasteiger partial charge in [0.05, 0.1) is 5.56 Å². The summed E-state index contributed by atoms with van der Waals surface area (Å²) in [7, 11) is 0. The lowest BCUT2D eigenvalue weighted by molar-refractivity contribution is -0.137. The molecule has 1 aromatic heterocycles. The molecule has 1 N–H and O–H groups in total. The van der Waals surface area contributed by atoms with Gasteiger partial charge in [0.1, 0.15) is 22.7 Å². The molecule has 2 fully saturated rings. The molecule has 2 saturated heterocycles. The van der Waals surface area contributed by atoms with E-state index in [-0.39, 0.29) is 44.0 Å². The van der Waals surface area contributed by atoms with E-state index in [0.29, 0.717) is 31.6 Å². The van der Waals surface area contributed by atoms with Gasteiger partial charge in [0.2, 0.25) is 0 Å². The standard InChI is InChI=1S/C23H30F3N5O4/c1-21(2,3)34-20(33)31-9-6-22(7-10-31)15-17(28-35-22)19(32)30-13-11-29(12-14-30)18-16(23(24,25)26)5-4-8-27-18/h4-5,8,15,28H,6-7,9-14H2,1-3H3. The van der Waals surface area contributed by atoms with Crippen LogP contribution in [0, 0.1) is 0 Å². The number of carbonyl (C=O) groups excluding carboxylic acids is 2. The SMILES string of the molecule is CC(C)(C)OC(=O)N1CCC2(C=C(C(=O)N3CCN(c4ncccc4C(F)(F)F)CC3)NO2)CC1. The molecule has 1 aromatic rings. The highest BCUT2D eigenvalue weighted by molar-refractivity contribution is 5.93. The van der Waals surface area contributed by atoms with Gasteiger partial charge in [-0.3, -0.25) is 15.1 Å². The number of hydrogen-bond donors (Lipinski definition) is 1. The number of alkyl halides is 3. The number of aromatic nitrogens is 1. The normalized spacial score (nSPS) is 20.5. The molecule has 4 heterocycles. The van der Waals surface area contributed by atoms with Crippen LogP contribution in [0.3, 0.4) is 0 Å². The third kappa shape index (κ3) is 5.63. The van der Waals surface area contributed by atoms with Crippen LogP contribution in [0.4, 0.5) is 23.8 Å². The number of amides is 2. The first-order valence-corrected chi connectivity index (χ1v) is 11.6. The minimum absolute atomic E-state index is 0.121. The lowest BCUT2D eigenvalue weighted by Crippen LogP contribution is -2.50. The Kier molecular flexibility index (Phi) is 6.60. The van der Waals surface area contributed by atoms with Gasteiger partial charge in [-0.1, -0.05) is 0 Å². The number of hydrogen-bond acceptors (Lipinski definition) is 7. The van der Waals surface area contributed by atoms with Gasteiger partial charge < -0.3 is 19.4 Å². The molecule has 35 heavy (non-hydrogen) atoms. The molecule has 0 aromatic carbocycles. The zero-order chi connectivity index (χ0) is 25.4. The van der Waals surface area contributed by atoms with Crippen molar-refractivity contribution in [1.29, 1.82) is 0 Å². The van der Waals surface area contributed by atoms with Crippen molar-refractivity contribution >= 4 is 17.8 Å². The van der Waals surface area contributed by atoms with Crippen LogP contribution in [0.1, 0.15) is 39.2 Å². The molecule has 0 aliphatic carbocycles. The third-order valence-electron chi connectivity index (χ3n) is 6.22. The Balaban J connectivity index is 1.34. The summed E-state index contributed by atoms with van der Waals surface area (Å²) in [5.74, 6) is -0.391. The number of likely N-dealkylation sites (tertiary alicyclic amines) is 1. The molecule has 0 bridgehead atoms. The van der Waals surface area contributed by atoms with E-state index in [1.54, 1.807) is 20.8 Å². The fraction of sp³-hybridized carbons (Fsp3) is 0.609. The second kappa shape index (κ2) is 9.21. The Bertz CT molecular complexity index is 992. The summed E-state index contributed by atoms with van der Waals surface area (Å²) in [6.45, 7) is 7.27. The van der Waals surface area contributed by atoms with Gasteiger partial charge in [-0.2, -0.15) is 13.2 Å². The molecule has 0 atom stereocenters. The van der Waals surface area contributed by atoms with Crippen LogP contribution < -0.4 is 10.4 Å². The Morgan fingerprint density at radius 2 is 1.71 bits per heavy atom. The summed E-state index contributed by atoms with van der Waals surface area (Å²) in [6, 6.07) is 2.27. The van der Waals surface area contributed by atoms with Crippen molar-refractivity contribution in [3.63, 3.8) is 0 Å². The number of anilines is 1. The van der Waals surface area contributed by atoms with Crippen LogP contribution in [0.15, 0.2) is 30.1 Å². The third-order valence-corrected chi connectivity index (χ3v) is 6.22. The van der Waals surface area contributed by atoms with Gasteiger partial charge in [-0.25, -0.2) is 9.78 Å². The molecule has 12 heteroatoms. The van der Waals surface area contributed by atoms with Crippen LogP contribution in [-0.2, 0) is 20.5 Å². The fourth-order valence-corrected chi connectivity index (χ4v) is 4.39. The van der Waals surface area contributed by atoms with Crippen LogP contribution in [0.25, 0.3) is 0 Å². The van der Waals surface area contributed by atoms with Crippen molar-refractivity contribution in [2.75, 3.05) is 44.2 Å². The topological polar surface area (TPSA) is 87.2 Å². The number of piperazine rings is 1. The molecule has 1 spiro atoms. The number of nitrogens with one attached hydrogen (secondary N) is 1. The lowest BCUT2D eigenvalue weighted by atomic mass is 9.91. The molecule has 0 unspecified atom stereocenters. The average molecular weight is 498 g/mol. The molecular formula is C23H30F3N5O4. The number of hydroxylamine groups is 1. The van der Waals surface area contributed by atoms with Gasteiger partial charge in [0.15, 0.2) is 0 Å². The molecule has 4 rings (SSSR count). The van der Waals surface area contributed by atoms with E-state index in [1.165, 1.54) is 12.3 Å². The predicted molar refractivity (Wildman–Crippen MR) is 120 cm³/mol. The Morgan fingerprint density at radius 1 is 1.06 bits per heavy atom. The van der Waals surface area contributed by atoms with E-state index in [4.69, 9.17) is 9.57 Å². The number of rotatable bonds is 2. The van der Waals surface area contributed by atoms with E-state index in [1.807, 2.05) is 20.8 Å². The summed E-state index contributed by atoms with van der Waals surface area (Å²) in [4.78, 5) is 39.8. The van der Waals surface area contributed by atoms with E-state index >= 15 is 0 Å². The molecule has 9 nitrogen and oxygen atoms in total. The smallest absolute Gasteiger partial charge is 0.419 e. The monoisotopic (exact) mass is 497 g/mol. The fourth-order valence-electron chi connectivity index (χ4n) is 4.39. The Morgan fingerprint density at radius 3 is 2.31 bits per heavy atom.